The first-order valence-electron chi connectivity index (χ1n) is 7.49. The molecule has 0 spiro atoms. The maximum atomic E-state index is 12.5. The van der Waals surface area contributed by atoms with E-state index in [-0.39, 0.29) is 12.8 Å². The van der Waals surface area contributed by atoms with Crippen LogP contribution < -0.4 is 0 Å². The van der Waals surface area contributed by atoms with Gasteiger partial charge in [0.15, 0.2) is 5.41 Å². The van der Waals surface area contributed by atoms with Crippen molar-refractivity contribution in [2.45, 2.75) is 32.5 Å². The quantitative estimate of drug-likeness (QED) is 0.468. The third-order valence-electron chi connectivity index (χ3n) is 3.81. The van der Waals surface area contributed by atoms with Crippen LogP contribution in [0.25, 0.3) is 0 Å². The predicted octanol–water partition coefficient (Wildman–Crippen LogP) is 2.41. The van der Waals surface area contributed by atoms with E-state index in [9.17, 15) is 14.4 Å². The molecule has 0 unspecified atom stereocenters. The lowest BCUT2D eigenvalue weighted by Crippen LogP contribution is -2.54. The zero-order valence-corrected chi connectivity index (χ0v) is 14.0. The number of esters is 3. The van der Waals surface area contributed by atoms with E-state index in [2.05, 4.69) is 11.3 Å². The molecular weight excluding hydrogens is 312 g/mol. The van der Waals surface area contributed by atoms with Crippen LogP contribution in [0.15, 0.2) is 36.9 Å². The second kappa shape index (κ2) is 6.47. The van der Waals surface area contributed by atoms with Gasteiger partial charge in [0.1, 0.15) is 0 Å². The van der Waals surface area contributed by atoms with Crippen LogP contribution in [0.2, 0.25) is 0 Å². The van der Waals surface area contributed by atoms with E-state index >= 15 is 0 Å². The average Bonchev–Trinajstić information content (AvgIpc) is 2.51. The highest BCUT2D eigenvalue weighted by atomic mass is 16.7. The molecule has 0 aliphatic carbocycles. The predicted molar refractivity (Wildman–Crippen MR) is 85.0 cm³/mol. The smallest absolute Gasteiger partial charge is 0.337 e. The Morgan fingerprint density at radius 2 is 1.88 bits per heavy atom. The minimum absolute atomic E-state index is 0.0393. The fourth-order valence-corrected chi connectivity index (χ4v) is 2.65. The Kier molecular flexibility index (Phi) is 4.78. The monoisotopic (exact) mass is 332 g/mol. The first-order chi connectivity index (χ1) is 11.2. The highest BCUT2D eigenvalue weighted by molar-refractivity contribution is 6.02. The van der Waals surface area contributed by atoms with Gasteiger partial charge in [0, 0.05) is 13.8 Å². The molecule has 0 amide bonds. The van der Waals surface area contributed by atoms with Crippen molar-refractivity contribution in [3.63, 3.8) is 0 Å². The molecule has 2 rings (SSSR count). The molecule has 0 N–H and O–H groups in total. The largest absolute Gasteiger partial charge is 0.465 e. The topological polar surface area (TPSA) is 78.9 Å². The minimum atomic E-state index is -1.51. The number of cyclic esters (lactones) is 2. The normalized spacial score (nSPS) is 18.3. The summed E-state index contributed by atoms with van der Waals surface area (Å²) in [5, 5.41) is 0. The molecule has 24 heavy (non-hydrogen) atoms. The number of carbonyl (C=O) groups excluding carboxylic acids is 3. The summed E-state index contributed by atoms with van der Waals surface area (Å²) in [5.41, 5.74) is -0.554. The van der Waals surface area contributed by atoms with Crippen molar-refractivity contribution in [3.8, 4) is 0 Å². The van der Waals surface area contributed by atoms with Crippen LogP contribution in [-0.2, 0) is 30.2 Å². The lowest BCUT2D eigenvalue weighted by molar-refractivity contribution is -0.250. The summed E-state index contributed by atoms with van der Waals surface area (Å²) < 4.78 is 15.2. The van der Waals surface area contributed by atoms with E-state index in [0.29, 0.717) is 11.1 Å². The second-order valence-electron chi connectivity index (χ2n) is 6.12. The third kappa shape index (κ3) is 3.32. The zero-order chi connectivity index (χ0) is 18.0. The van der Waals surface area contributed by atoms with Crippen LogP contribution in [0.3, 0.4) is 0 Å². The highest BCUT2D eigenvalue weighted by Gasteiger charge is 2.55. The van der Waals surface area contributed by atoms with Crippen molar-refractivity contribution in [2.24, 2.45) is 5.41 Å². The van der Waals surface area contributed by atoms with Crippen molar-refractivity contribution < 1.29 is 28.6 Å². The summed E-state index contributed by atoms with van der Waals surface area (Å²) in [7, 11) is 1.28. The van der Waals surface area contributed by atoms with Crippen molar-refractivity contribution in [1.82, 2.24) is 0 Å². The number of hydrogen-bond acceptors (Lipinski definition) is 6. The third-order valence-corrected chi connectivity index (χ3v) is 3.81. The SMILES string of the molecule is C=CCC1(Cc2cccc(C(=O)OC)c2)C(=O)OC(C)(C)OC1=O. The number of methoxy groups -OCH3 is 1. The molecule has 0 saturated carbocycles. The summed E-state index contributed by atoms with van der Waals surface area (Å²) >= 11 is 0. The van der Waals surface area contributed by atoms with Gasteiger partial charge in [-0.25, -0.2) is 4.79 Å². The number of benzene rings is 1. The standard InChI is InChI=1S/C18H20O6/c1-5-9-18(15(20)23-17(2,3)24-16(18)21)11-12-7-6-8-13(10-12)14(19)22-4/h5-8,10H,1,9,11H2,2-4H3. The van der Waals surface area contributed by atoms with Gasteiger partial charge in [0.25, 0.3) is 5.79 Å². The Morgan fingerprint density at radius 1 is 1.25 bits per heavy atom. The van der Waals surface area contributed by atoms with Gasteiger partial charge in [-0.3, -0.25) is 9.59 Å². The van der Waals surface area contributed by atoms with Gasteiger partial charge < -0.3 is 14.2 Å². The van der Waals surface area contributed by atoms with E-state index in [1.54, 1.807) is 24.3 Å². The highest BCUT2D eigenvalue weighted by Crippen LogP contribution is 2.38. The summed E-state index contributed by atoms with van der Waals surface area (Å²) in [6, 6.07) is 6.55. The first kappa shape index (κ1) is 17.7. The van der Waals surface area contributed by atoms with E-state index < -0.39 is 29.1 Å². The Hall–Kier alpha value is -2.63. The minimum Gasteiger partial charge on any atom is -0.465 e. The second-order valence-corrected chi connectivity index (χ2v) is 6.12. The van der Waals surface area contributed by atoms with Gasteiger partial charge in [-0.1, -0.05) is 18.2 Å². The van der Waals surface area contributed by atoms with Gasteiger partial charge in [-0.05, 0) is 30.5 Å². The summed E-state index contributed by atoms with van der Waals surface area (Å²) in [6.45, 7) is 6.61. The Labute approximate surface area is 140 Å². The number of carbonyl (C=O) groups is 3. The van der Waals surface area contributed by atoms with E-state index in [0.717, 1.165) is 0 Å². The number of allylic oxidation sites excluding steroid dienone is 1. The van der Waals surface area contributed by atoms with Crippen LogP contribution in [0.5, 0.6) is 0 Å². The first-order valence-corrected chi connectivity index (χ1v) is 7.49. The molecule has 1 aliphatic rings. The van der Waals surface area contributed by atoms with E-state index in [1.807, 2.05) is 0 Å². The number of ether oxygens (including phenoxy) is 3. The van der Waals surface area contributed by atoms with Crippen LogP contribution in [0.1, 0.15) is 36.2 Å². The van der Waals surface area contributed by atoms with Crippen molar-refractivity contribution in [2.75, 3.05) is 7.11 Å². The van der Waals surface area contributed by atoms with Crippen molar-refractivity contribution in [3.05, 3.63) is 48.0 Å². The average molecular weight is 332 g/mol. The van der Waals surface area contributed by atoms with Crippen molar-refractivity contribution in [1.29, 1.82) is 0 Å². The molecule has 1 heterocycles. The van der Waals surface area contributed by atoms with Crippen LogP contribution in [0, 0.1) is 5.41 Å². The molecule has 1 aliphatic heterocycles. The lowest BCUT2D eigenvalue weighted by Gasteiger charge is -2.39. The lowest BCUT2D eigenvalue weighted by atomic mass is 9.77. The molecule has 0 aromatic heterocycles. The molecule has 1 aromatic rings. The van der Waals surface area contributed by atoms with Gasteiger partial charge in [0.05, 0.1) is 12.7 Å². The number of hydrogen-bond donors (Lipinski definition) is 0. The van der Waals surface area contributed by atoms with Crippen LogP contribution in [0.4, 0.5) is 0 Å². The summed E-state index contributed by atoms with van der Waals surface area (Å²) in [6.07, 6.45) is 1.59. The Bertz CT molecular complexity index is 669. The van der Waals surface area contributed by atoms with Gasteiger partial charge in [-0.15, -0.1) is 6.58 Å². The molecule has 1 saturated heterocycles. The van der Waals surface area contributed by atoms with Gasteiger partial charge >= 0.3 is 17.9 Å². The fourth-order valence-electron chi connectivity index (χ4n) is 2.65. The molecule has 0 bridgehead atoms. The van der Waals surface area contributed by atoms with Gasteiger partial charge in [0.2, 0.25) is 0 Å². The Balaban J connectivity index is 2.39. The summed E-state index contributed by atoms with van der Waals surface area (Å²) in [5.74, 6) is -3.11. The molecule has 1 fully saturated rings. The molecule has 0 radical (unpaired) electrons. The molecule has 6 heteroatoms. The van der Waals surface area contributed by atoms with Crippen LogP contribution >= 0.6 is 0 Å². The van der Waals surface area contributed by atoms with E-state index in [4.69, 9.17) is 9.47 Å². The molecule has 6 nitrogen and oxygen atoms in total. The Morgan fingerprint density at radius 3 is 2.42 bits per heavy atom. The molecule has 0 atom stereocenters. The summed E-state index contributed by atoms with van der Waals surface area (Å²) in [4.78, 5) is 36.8. The molecular formula is C18H20O6. The molecule has 128 valence electrons. The van der Waals surface area contributed by atoms with Gasteiger partial charge in [-0.2, -0.15) is 0 Å². The maximum Gasteiger partial charge on any atom is 0.337 e. The zero-order valence-electron chi connectivity index (χ0n) is 14.0. The van der Waals surface area contributed by atoms with Crippen LogP contribution in [-0.4, -0.2) is 30.8 Å². The number of rotatable bonds is 5. The molecule has 1 aromatic carbocycles. The van der Waals surface area contributed by atoms with Crippen molar-refractivity contribution >= 4 is 17.9 Å². The van der Waals surface area contributed by atoms with E-state index in [1.165, 1.54) is 27.0 Å². The fraction of sp³-hybridized carbons (Fsp3) is 0.389. The maximum absolute atomic E-state index is 12.5.